The first-order valence-corrected chi connectivity index (χ1v) is 11.3. The van der Waals surface area contributed by atoms with E-state index >= 15 is 0 Å². The maximum absolute atomic E-state index is 13.0. The Bertz CT molecular complexity index is 1340. The molecule has 4 rings (SSSR count). The van der Waals surface area contributed by atoms with E-state index in [0.29, 0.717) is 37.6 Å². The maximum Gasteiger partial charge on any atom is 0.279 e. The molecule has 0 unspecified atom stereocenters. The van der Waals surface area contributed by atoms with Gasteiger partial charge in [0, 0.05) is 27.4 Å². The minimum atomic E-state index is -0.516. The van der Waals surface area contributed by atoms with E-state index in [-0.39, 0.29) is 29.6 Å². The maximum atomic E-state index is 13.0. The van der Waals surface area contributed by atoms with Crippen LogP contribution in [0.1, 0.15) is 38.8 Å². The summed E-state index contributed by atoms with van der Waals surface area (Å²) >= 11 is 25.0. The van der Waals surface area contributed by atoms with Crippen molar-refractivity contribution in [2.75, 3.05) is 5.32 Å². The molecule has 0 radical (unpaired) electrons. The Kier molecular flexibility index (Phi) is 6.72. The first-order chi connectivity index (χ1) is 15.7. The average Bonchev–Trinajstić information content (AvgIpc) is 3.38. The average molecular weight is 528 g/mol. The molecule has 0 aliphatic heterocycles. The van der Waals surface area contributed by atoms with E-state index in [1.54, 1.807) is 36.0 Å². The zero-order chi connectivity index (χ0) is 23.9. The molecular weight excluding hydrogens is 510 g/mol. The van der Waals surface area contributed by atoms with Gasteiger partial charge in [-0.2, -0.15) is 10.2 Å². The van der Waals surface area contributed by atoms with Gasteiger partial charge >= 0.3 is 0 Å². The zero-order valence-electron chi connectivity index (χ0n) is 17.8. The van der Waals surface area contributed by atoms with Gasteiger partial charge in [-0.15, -0.1) is 0 Å². The van der Waals surface area contributed by atoms with Gasteiger partial charge in [0.15, 0.2) is 11.5 Å². The molecule has 0 aliphatic rings. The summed E-state index contributed by atoms with van der Waals surface area (Å²) in [6.45, 7) is 5.93. The number of hydrogen-bond donors (Lipinski definition) is 1. The van der Waals surface area contributed by atoms with E-state index in [0.717, 1.165) is 5.69 Å². The molecule has 0 atom stereocenters. The molecule has 1 amide bonds. The molecule has 3 aromatic heterocycles. The van der Waals surface area contributed by atoms with Crippen molar-refractivity contribution in [3.8, 4) is 0 Å². The highest BCUT2D eigenvalue weighted by Crippen LogP contribution is 2.28. The monoisotopic (exact) mass is 526 g/mol. The molecule has 1 aromatic carbocycles. The summed E-state index contributed by atoms with van der Waals surface area (Å²) in [7, 11) is 0. The summed E-state index contributed by atoms with van der Waals surface area (Å²) in [6.07, 6.45) is 1.57. The molecule has 0 bridgehead atoms. The van der Waals surface area contributed by atoms with Crippen LogP contribution in [0.25, 0.3) is 0 Å². The lowest BCUT2D eigenvalue weighted by Gasteiger charge is -2.07. The number of amides is 1. The minimum Gasteiger partial charge on any atom is -0.361 e. The van der Waals surface area contributed by atoms with Crippen LogP contribution in [-0.2, 0) is 13.1 Å². The number of hydrogen-bond acceptors (Lipinski definition) is 5. The Morgan fingerprint density at radius 1 is 1.00 bits per heavy atom. The lowest BCUT2D eigenvalue weighted by Crippen LogP contribution is -2.17. The van der Waals surface area contributed by atoms with Crippen LogP contribution in [0.5, 0.6) is 0 Å². The van der Waals surface area contributed by atoms with Crippen LogP contribution in [0.15, 0.2) is 28.9 Å². The van der Waals surface area contributed by atoms with Crippen molar-refractivity contribution in [1.29, 1.82) is 0 Å². The molecule has 0 saturated heterocycles. The summed E-state index contributed by atoms with van der Waals surface area (Å²) < 4.78 is 8.51. The van der Waals surface area contributed by atoms with Gasteiger partial charge in [0.1, 0.15) is 10.8 Å². The Hall–Kier alpha value is -2.52. The van der Waals surface area contributed by atoms with Gasteiger partial charge in [-0.1, -0.05) is 57.6 Å². The third kappa shape index (κ3) is 4.75. The van der Waals surface area contributed by atoms with Crippen LogP contribution < -0.4 is 5.32 Å². The number of aromatic nitrogens is 5. The summed E-state index contributed by atoms with van der Waals surface area (Å²) in [4.78, 5) is 13.0. The first kappa shape index (κ1) is 23.6. The van der Waals surface area contributed by atoms with Gasteiger partial charge in [-0.3, -0.25) is 14.2 Å². The van der Waals surface area contributed by atoms with E-state index in [1.807, 2.05) is 13.8 Å². The molecule has 1 N–H and O–H groups in total. The van der Waals surface area contributed by atoms with Crippen molar-refractivity contribution >= 4 is 58.1 Å². The van der Waals surface area contributed by atoms with Gasteiger partial charge < -0.3 is 9.84 Å². The fourth-order valence-electron chi connectivity index (χ4n) is 3.31. The molecule has 172 valence electrons. The van der Waals surface area contributed by atoms with Gasteiger partial charge in [0.05, 0.1) is 29.5 Å². The van der Waals surface area contributed by atoms with Gasteiger partial charge in [0.2, 0.25) is 0 Å². The molecule has 0 fully saturated rings. The fourth-order valence-corrected chi connectivity index (χ4v) is 4.16. The van der Waals surface area contributed by atoms with Crippen LogP contribution in [0, 0.1) is 20.8 Å². The van der Waals surface area contributed by atoms with Crippen LogP contribution in [0.3, 0.4) is 0 Å². The summed E-state index contributed by atoms with van der Waals surface area (Å²) in [6, 6.07) is 5.23. The number of nitrogens with one attached hydrogen (secondary N) is 1. The molecule has 0 aliphatic carbocycles. The van der Waals surface area contributed by atoms with Crippen molar-refractivity contribution in [2.45, 2.75) is 33.9 Å². The molecule has 12 heteroatoms. The smallest absolute Gasteiger partial charge is 0.279 e. The number of rotatable bonds is 6. The fraction of sp³-hybridized carbons (Fsp3) is 0.238. The number of aryl methyl sites for hydroxylation is 2. The van der Waals surface area contributed by atoms with Gasteiger partial charge in [0.25, 0.3) is 5.91 Å². The third-order valence-corrected chi connectivity index (χ3v) is 6.66. The summed E-state index contributed by atoms with van der Waals surface area (Å²) in [5, 5.41) is 17.2. The zero-order valence-corrected chi connectivity index (χ0v) is 20.8. The van der Waals surface area contributed by atoms with Crippen molar-refractivity contribution < 1.29 is 9.32 Å². The quantitative estimate of drug-likeness (QED) is 0.334. The Morgan fingerprint density at radius 2 is 1.70 bits per heavy atom. The van der Waals surface area contributed by atoms with Crippen molar-refractivity contribution in [2.24, 2.45) is 0 Å². The first-order valence-electron chi connectivity index (χ1n) is 9.77. The van der Waals surface area contributed by atoms with Crippen LogP contribution in [0.4, 0.5) is 5.82 Å². The lowest BCUT2D eigenvalue weighted by atomic mass is 10.2. The normalized spacial score (nSPS) is 11.2. The highest BCUT2D eigenvalue weighted by Gasteiger charge is 2.23. The topological polar surface area (TPSA) is 90.8 Å². The Balaban J connectivity index is 1.55. The number of halogens is 4. The number of anilines is 1. The standard InChI is InChI=1S/C21H18Cl4N6O2/c1-10-18(25)11(2)31(27-10)8-13-12(3)33-29-19(13)21(32)26-20-17(24)9-30(28-20)7-14-15(22)5-4-6-16(14)23/h4-6,9H,7-8H2,1-3H3,(H,26,28,32). The molecule has 8 nitrogen and oxygen atoms in total. The van der Waals surface area contributed by atoms with E-state index in [2.05, 4.69) is 20.7 Å². The Morgan fingerprint density at radius 3 is 2.33 bits per heavy atom. The van der Waals surface area contributed by atoms with E-state index in [4.69, 9.17) is 50.9 Å². The Labute approximate surface area is 209 Å². The second-order valence-corrected chi connectivity index (χ2v) is 8.99. The van der Waals surface area contributed by atoms with Gasteiger partial charge in [-0.25, -0.2) is 0 Å². The predicted octanol–water partition coefficient (Wildman–Crippen LogP) is 5.96. The third-order valence-electron chi connectivity index (χ3n) is 5.13. The molecule has 33 heavy (non-hydrogen) atoms. The largest absolute Gasteiger partial charge is 0.361 e. The molecule has 4 aromatic rings. The van der Waals surface area contributed by atoms with Crippen LogP contribution in [-0.4, -0.2) is 30.6 Å². The lowest BCUT2D eigenvalue weighted by molar-refractivity contribution is 0.101. The highest BCUT2D eigenvalue weighted by molar-refractivity contribution is 6.36. The van der Waals surface area contributed by atoms with Crippen molar-refractivity contribution in [3.05, 3.63) is 78.5 Å². The minimum absolute atomic E-state index is 0.107. The molecule has 3 heterocycles. The van der Waals surface area contributed by atoms with Crippen molar-refractivity contribution in [3.63, 3.8) is 0 Å². The number of benzene rings is 1. The van der Waals surface area contributed by atoms with E-state index in [1.165, 1.54) is 4.68 Å². The highest BCUT2D eigenvalue weighted by atomic mass is 35.5. The van der Waals surface area contributed by atoms with Crippen LogP contribution >= 0.6 is 46.4 Å². The molecular formula is C21H18Cl4N6O2. The summed E-state index contributed by atoms with van der Waals surface area (Å²) in [5.41, 5.74) is 2.85. The number of nitrogens with zero attached hydrogens (tertiary/aromatic N) is 5. The second kappa shape index (κ2) is 9.38. The second-order valence-electron chi connectivity index (χ2n) is 7.39. The molecule has 0 saturated carbocycles. The van der Waals surface area contributed by atoms with Gasteiger partial charge in [-0.05, 0) is 32.9 Å². The molecule has 0 spiro atoms. The SMILES string of the molecule is Cc1nn(Cc2c(C(=O)Nc3nn(Cc4c(Cl)cccc4Cl)cc3Cl)noc2C)c(C)c1Cl. The summed E-state index contributed by atoms with van der Waals surface area (Å²) in [5.74, 6) is 0.150. The number of carbonyl (C=O) groups excluding carboxylic acids is 1. The number of carbonyl (C=O) groups is 1. The van der Waals surface area contributed by atoms with Crippen LogP contribution in [0.2, 0.25) is 20.1 Å². The van der Waals surface area contributed by atoms with Crippen molar-refractivity contribution in [1.82, 2.24) is 24.7 Å². The van der Waals surface area contributed by atoms with E-state index < -0.39 is 5.91 Å². The van der Waals surface area contributed by atoms with E-state index in [9.17, 15) is 4.79 Å². The predicted molar refractivity (Wildman–Crippen MR) is 128 cm³/mol.